The number of benzene rings is 1. The van der Waals surface area contributed by atoms with Gasteiger partial charge in [-0.05, 0) is 24.0 Å². The van der Waals surface area contributed by atoms with Gasteiger partial charge in [0.1, 0.15) is 0 Å². The molecule has 1 aromatic heterocycles. The van der Waals surface area contributed by atoms with Crippen molar-refractivity contribution in [1.29, 1.82) is 0 Å². The van der Waals surface area contributed by atoms with Crippen LogP contribution in [-0.4, -0.2) is 15.9 Å². The zero-order valence-corrected chi connectivity index (χ0v) is 11.4. The predicted octanol–water partition coefficient (Wildman–Crippen LogP) is 3.59. The molecule has 0 bridgehead atoms. The fourth-order valence-corrected chi connectivity index (χ4v) is 2.04. The van der Waals surface area contributed by atoms with Crippen LogP contribution in [0.25, 0.3) is 11.5 Å². The fourth-order valence-electron chi connectivity index (χ4n) is 1.53. The number of nitrogen functional groups attached to an aromatic ring is 1. The molecule has 0 aliphatic heterocycles. The normalized spacial score (nSPS) is 11.8. The van der Waals surface area contributed by atoms with E-state index in [1.165, 1.54) is 6.07 Å². The van der Waals surface area contributed by atoms with Crippen molar-refractivity contribution in [2.75, 3.05) is 11.5 Å². The molecule has 0 atom stereocenters. The second-order valence-electron chi connectivity index (χ2n) is 3.95. The maximum atomic E-state index is 12.7. The molecule has 0 spiro atoms. The lowest BCUT2D eigenvalue weighted by molar-refractivity contribution is -0.137. The van der Waals surface area contributed by atoms with Crippen molar-refractivity contribution < 1.29 is 17.7 Å². The minimum absolute atomic E-state index is 0.000281. The summed E-state index contributed by atoms with van der Waals surface area (Å²) in [5.74, 6) is 1.86. The Hall–Kier alpha value is -1.70. The summed E-state index contributed by atoms with van der Waals surface area (Å²) in [6.45, 7) is 1.98. The molecule has 8 heteroatoms. The first-order valence-corrected chi connectivity index (χ1v) is 6.94. The van der Waals surface area contributed by atoms with Crippen LogP contribution in [0.15, 0.2) is 22.7 Å². The van der Waals surface area contributed by atoms with E-state index in [0.29, 0.717) is 11.6 Å². The van der Waals surface area contributed by atoms with Gasteiger partial charge in [0.15, 0.2) is 5.82 Å². The number of halogens is 3. The van der Waals surface area contributed by atoms with Crippen molar-refractivity contribution >= 4 is 17.4 Å². The number of aromatic nitrogens is 2. The first kappa shape index (κ1) is 14.7. The molecule has 0 amide bonds. The lowest BCUT2D eigenvalue weighted by Gasteiger charge is -2.08. The van der Waals surface area contributed by atoms with Crippen LogP contribution in [0.4, 0.5) is 18.9 Å². The molecule has 2 aromatic rings. The molecule has 0 unspecified atom stereocenters. The van der Waals surface area contributed by atoms with Gasteiger partial charge in [-0.3, -0.25) is 0 Å². The lowest BCUT2D eigenvalue weighted by atomic mass is 10.1. The van der Waals surface area contributed by atoms with Crippen LogP contribution in [0, 0.1) is 0 Å². The molecule has 2 N–H and O–H groups in total. The van der Waals surface area contributed by atoms with E-state index < -0.39 is 11.7 Å². The molecule has 1 heterocycles. The Balaban J connectivity index is 2.34. The van der Waals surface area contributed by atoms with E-state index in [1.807, 2.05) is 6.92 Å². The van der Waals surface area contributed by atoms with Crippen molar-refractivity contribution in [3.05, 3.63) is 29.6 Å². The number of nitrogens with zero attached hydrogens (tertiary/aromatic N) is 2. The summed E-state index contributed by atoms with van der Waals surface area (Å²) in [5, 5.41) is 3.72. The molecule has 0 fully saturated rings. The summed E-state index contributed by atoms with van der Waals surface area (Å²) >= 11 is 1.59. The largest absolute Gasteiger partial charge is 0.416 e. The van der Waals surface area contributed by atoms with Gasteiger partial charge in [-0.1, -0.05) is 12.1 Å². The third-order valence-electron chi connectivity index (χ3n) is 2.51. The molecular formula is C12H12F3N3OS. The number of anilines is 1. The molecular weight excluding hydrogens is 291 g/mol. The Labute approximate surface area is 117 Å². The first-order chi connectivity index (χ1) is 9.41. The third-order valence-corrected chi connectivity index (χ3v) is 3.38. The van der Waals surface area contributed by atoms with E-state index >= 15 is 0 Å². The smallest absolute Gasteiger partial charge is 0.398 e. The quantitative estimate of drug-likeness (QED) is 0.874. The van der Waals surface area contributed by atoms with E-state index in [9.17, 15) is 13.2 Å². The van der Waals surface area contributed by atoms with Crippen LogP contribution in [-0.2, 0) is 11.9 Å². The molecule has 0 radical (unpaired) electrons. The first-order valence-electron chi connectivity index (χ1n) is 5.79. The van der Waals surface area contributed by atoms with E-state index in [-0.39, 0.29) is 17.1 Å². The zero-order chi connectivity index (χ0) is 14.8. The van der Waals surface area contributed by atoms with Crippen LogP contribution in [0.1, 0.15) is 18.3 Å². The number of alkyl halides is 3. The van der Waals surface area contributed by atoms with E-state index in [1.54, 1.807) is 11.8 Å². The molecule has 1 aromatic carbocycles. The van der Waals surface area contributed by atoms with Crippen LogP contribution in [0.5, 0.6) is 0 Å². The van der Waals surface area contributed by atoms with Gasteiger partial charge in [-0.2, -0.15) is 29.9 Å². The van der Waals surface area contributed by atoms with Crippen molar-refractivity contribution in [3.8, 4) is 11.5 Å². The van der Waals surface area contributed by atoms with Crippen molar-refractivity contribution in [1.82, 2.24) is 10.1 Å². The summed E-state index contributed by atoms with van der Waals surface area (Å²) < 4.78 is 43.0. The number of rotatable bonds is 4. The molecule has 0 aliphatic rings. The highest BCUT2D eigenvalue weighted by Gasteiger charge is 2.31. The highest BCUT2D eigenvalue weighted by molar-refractivity contribution is 7.98. The van der Waals surface area contributed by atoms with E-state index in [4.69, 9.17) is 10.3 Å². The maximum Gasteiger partial charge on any atom is 0.416 e. The summed E-state index contributed by atoms with van der Waals surface area (Å²) in [7, 11) is 0. The lowest BCUT2D eigenvalue weighted by Crippen LogP contribution is -2.05. The van der Waals surface area contributed by atoms with Gasteiger partial charge in [0, 0.05) is 5.69 Å². The third kappa shape index (κ3) is 3.24. The average Bonchev–Trinajstić information content (AvgIpc) is 2.84. The highest BCUT2D eigenvalue weighted by Crippen LogP contribution is 2.34. The Bertz CT molecular complexity index is 598. The second kappa shape index (κ2) is 5.74. The minimum atomic E-state index is -4.44. The Morgan fingerprint density at radius 1 is 1.35 bits per heavy atom. The minimum Gasteiger partial charge on any atom is -0.398 e. The zero-order valence-electron chi connectivity index (χ0n) is 10.6. The molecule has 0 saturated carbocycles. The predicted molar refractivity (Wildman–Crippen MR) is 71.0 cm³/mol. The second-order valence-corrected chi connectivity index (χ2v) is 5.23. The van der Waals surface area contributed by atoms with E-state index in [0.717, 1.165) is 17.9 Å². The number of nitrogens with two attached hydrogens (primary N) is 1. The Morgan fingerprint density at radius 3 is 2.75 bits per heavy atom. The monoisotopic (exact) mass is 303 g/mol. The van der Waals surface area contributed by atoms with Gasteiger partial charge >= 0.3 is 6.18 Å². The fraction of sp³-hybridized carbons (Fsp3) is 0.333. The van der Waals surface area contributed by atoms with Crippen LogP contribution >= 0.6 is 11.8 Å². The van der Waals surface area contributed by atoms with Gasteiger partial charge in [-0.15, -0.1) is 0 Å². The van der Waals surface area contributed by atoms with Gasteiger partial charge in [0.05, 0.1) is 16.9 Å². The average molecular weight is 303 g/mol. The van der Waals surface area contributed by atoms with Gasteiger partial charge in [0.2, 0.25) is 0 Å². The molecule has 0 saturated heterocycles. The molecule has 2 rings (SSSR count). The van der Waals surface area contributed by atoms with Gasteiger partial charge in [0.25, 0.3) is 5.89 Å². The Morgan fingerprint density at radius 2 is 2.10 bits per heavy atom. The van der Waals surface area contributed by atoms with Crippen molar-refractivity contribution in [3.63, 3.8) is 0 Å². The van der Waals surface area contributed by atoms with Gasteiger partial charge < -0.3 is 10.3 Å². The molecule has 4 nitrogen and oxygen atoms in total. The molecule has 108 valence electrons. The summed E-state index contributed by atoms with van der Waals surface area (Å²) in [6.07, 6.45) is -4.44. The molecule has 0 aliphatic carbocycles. The van der Waals surface area contributed by atoms with Crippen LogP contribution < -0.4 is 5.73 Å². The highest BCUT2D eigenvalue weighted by atomic mass is 32.2. The topological polar surface area (TPSA) is 64.9 Å². The van der Waals surface area contributed by atoms with E-state index in [2.05, 4.69) is 10.1 Å². The standard InChI is InChI=1S/C12H12F3N3OS/c1-2-20-6-10-17-11(19-18-10)8-5-7(12(13,14)15)3-4-9(8)16/h3-5H,2,6,16H2,1H3. The molecule has 20 heavy (non-hydrogen) atoms. The summed E-state index contributed by atoms with van der Waals surface area (Å²) in [5.41, 5.74) is 5.13. The number of hydrogen-bond donors (Lipinski definition) is 1. The van der Waals surface area contributed by atoms with Crippen LogP contribution in [0.2, 0.25) is 0 Å². The van der Waals surface area contributed by atoms with Gasteiger partial charge in [-0.25, -0.2) is 0 Å². The number of hydrogen-bond acceptors (Lipinski definition) is 5. The van der Waals surface area contributed by atoms with Crippen LogP contribution in [0.3, 0.4) is 0 Å². The summed E-state index contributed by atoms with van der Waals surface area (Å²) in [4.78, 5) is 4.06. The Kier molecular flexibility index (Phi) is 4.22. The van der Waals surface area contributed by atoms with Crippen molar-refractivity contribution in [2.24, 2.45) is 0 Å². The SMILES string of the molecule is CCSCc1noc(-c2cc(C(F)(F)F)ccc2N)n1. The maximum absolute atomic E-state index is 12.7. The summed E-state index contributed by atoms with van der Waals surface area (Å²) in [6, 6.07) is 3.02. The van der Waals surface area contributed by atoms with Crippen molar-refractivity contribution in [2.45, 2.75) is 18.9 Å². The number of thioether (sulfide) groups is 1.